The van der Waals surface area contributed by atoms with Gasteiger partial charge >= 0.3 is 0 Å². The largest absolute Gasteiger partial charge is 0.373 e. The lowest BCUT2D eigenvalue weighted by Gasteiger charge is -2.38. The van der Waals surface area contributed by atoms with Crippen molar-refractivity contribution in [3.05, 3.63) is 12.3 Å². The molecule has 0 unspecified atom stereocenters. The third kappa shape index (κ3) is 3.83. The van der Waals surface area contributed by atoms with Gasteiger partial charge in [0.2, 0.25) is 5.91 Å². The van der Waals surface area contributed by atoms with Crippen LogP contribution in [0.5, 0.6) is 0 Å². The molecular formula is C15H26N4O2. The van der Waals surface area contributed by atoms with Gasteiger partial charge in [-0.15, -0.1) is 0 Å². The van der Waals surface area contributed by atoms with Crippen LogP contribution in [0, 0.1) is 0 Å². The number of amides is 1. The van der Waals surface area contributed by atoms with E-state index < -0.39 is 0 Å². The van der Waals surface area contributed by atoms with Crippen molar-refractivity contribution in [2.24, 2.45) is 0 Å². The van der Waals surface area contributed by atoms with E-state index in [1.165, 1.54) is 0 Å². The van der Waals surface area contributed by atoms with E-state index in [1.54, 1.807) is 6.20 Å². The number of aromatic nitrogens is 2. The maximum absolute atomic E-state index is 12.5. The number of rotatable bonds is 4. The van der Waals surface area contributed by atoms with Gasteiger partial charge in [0.1, 0.15) is 5.82 Å². The summed E-state index contributed by atoms with van der Waals surface area (Å²) in [7, 11) is 0. The summed E-state index contributed by atoms with van der Waals surface area (Å²) in [5.41, 5.74) is 0. The minimum Gasteiger partial charge on any atom is -0.373 e. The van der Waals surface area contributed by atoms with Gasteiger partial charge in [0.15, 0.2) is 0 Å². The first-order valence-electron chi connectivity index (χ1n) is 7.62. The highest BCUT2D eigenvalue weighted by Gasteiger charge is 2.29. The van der Waals surface area contributed by atoms with E-state index in [1.807, 2.05) is 45.4 Å². The van der Waals surface area contributed by atoms with Crippen molar-refractivity contribution < 1.29 is 9.53 Å². The first-order valence-corrected chi connectivity index (χ1v) is 7.62. The molecular weight excluding hydrogens is 268 g/mol. The van der Waals surface area contributed by atoms with Crippen molar-refractivity contribution in [1.29, 1.82) is 0 Å². The number of carbonyl (C=O) groups is 1. The van der Waals surface area contributed by atoms with Crippen molar-refractivity contribution >= 4 is 11.7 Å². The molecule has 0 spiro atoms. The molecule has 0 radical (unpaired) electrons. The van der Waals surface area contributed by atoms with E-state index in [0.717, 1.165) is 18.9 Å². The van der Waals surface area contributed by atoms with Gasteiger partial charge in [-0.25, -0.2) is 4.68 Å². The van der Waals surface area contributed by atoms with E-state index in [-0.39, 0.29) is 30.2 Å². The molecule has 2 heterocycles. The van der Waals surface area contributed by atoms with Gasteiger partial charge in [-0.2, -0.15) is 5.10 Å². The van der Waals surface area contributed by atoms with Crippen molar-refractivity contribution in [1.82, 2.24) is 14.7 Å². The highest BCUT2D eigenvalue weighted by molar-refractivity contribution is 5.93. The Hall–Kier alpha value is -1.40. The van der Waals surface area contributed by atoms with Crippen molar-refractivity contribution in [2.45, 2.75) is 58.9 Å². The van der Waals surface area contributed by atoms with Crippen LogP contribution >= 0.6 is 0 Å². The van der Waals surface area contributed by atoms with E-state index in [9.17, 15) is 4.79 Å². The molecule has 6 nitrogen and oxygen atoms in total. The van der Waals surface area contributed by atoms with E-state index in [2.05, 4.69) is 15.3 Å². The lowest BCUT2D eigenvalue weighted by atomic mass is 10.1. The average molecular weight is 294 g/mol. The maximum atomic E-state index is 12.5. The Morgan fingerprint density at radius 1 is 1.33 bits per heavy atom. The molecule has 0 aliphatic carbocycles. The number of nitrogens with one attached hydrogen (secondary N) is 1. The number of morpholine rings is 1. The van der Waals surface area contributed by atoms with Crippen LogP contribution in [0.15, 0.2) is 12.3 Å². The molecule has 118 valence electrons. The summed E-state index contributed by atoms with van der Waals surface area (Å²) in [6, 6.07) is 1.86. The summed E-state index contributed by atoms with van der Waals surface area (Å²) in [6.07, 6.45) is 2.02. The molecule has 1 N–H and O–H groups in total. The van der Waals surface area contributed by atoms with Gasteiger partial charge < -0.3 is 10.1 Å². The topological polar surface area (TPSA) is 59.4 Å². The van der Waals surface area contributed by atoms with Crippen LogP contribution < -0.4 is 5.32 Å². The van der Waals surface area contributed by atoms with Crippen LogP contribution in [0.3, 0.4) is 0 Å². The van der Waals surface area contributed by atoms with Gasteiger partial charge in [-0.1, -0.05) is 0 Å². The Morgan fingerprint density at radius 3 is 2.52 bits per heavy atom. The Bertz CT molecular complexity index is 476. The summed E-state index contributed by atoms with van der Waals surface area (Å²) in [5, 5.41) is 7.21. The second kappa shape index (κ2) is 6.58. The molecule has 2 rings (SSSR count). The highest BCUT2D eigenvalue weighted by atomic mass is 16.5. The van der Waals surface area contributed by atoms with Gasteiger partial charge in [0.05, 0.1) is 24.4 Å². The average Bonchev–Trinajstić information content (AvgIpc) is 2.84. The summed E-state index contributed by atoms with van der Waals surface area (Å²) in [4.78, 5) is 14.6. The third-order valence-corrected chi connectivity index (χ3v) is 3.79. The summed E-state index contributed by atoms with van der Waals surface area (Å²) in [6.45, 7) is 11.7. The van der Waals surface area contributed by atoms with Crippen molar-refractivity contribution in [3.63, 3.8) is 0 Å². The minimum atomic E-state index is -0.186. The van der Waals surface area contributed by atoms with Crippen molar-refractivity contribution in [2.75, 3.05) is 18.4 Å². The van der Waals surface area contributed by atoms with Gasteiger partial charge in [-0.3, -0.25) is 9.69 Å². The molecule has 0 bridgehead atoms. The molecule has 1 saturated heterocycles. The van der Waals surface area contributed by atoms with Gasteiger partial charge in [0, 0.05) is 25.2 Å². The molecule has 1 amide bonds. The summed E-state index contributed by atoms with van der Waals surface area (Å²) >= 11 is 0. The number of anilines is 1. The Labute approximate surface area is 126 Å². The molecule has 3 atom stereocenters. The van der Waals surface area contributed by atoms with E-state index in [0.29, 0.717) is 0 Å². The Kier molecular flexibility index (Phi) is 5.00. The van der Waals surface area contributed by atoms with Crippen LogP contribution in [0.2, 0.25) is 0 Å². The normalized spacial score (nSPS) is 25.0. The van der Waals surface area contributed by atoms with E-state index >= 15 is 0 Å². The molecule has 1 fully saturated rings. The van der Waals surface area contributed by atoms with Crippen LogP contribution in [0.4, 0.5) is 5.82 Å². The lowest BCUT2D eigenvalue weighted by molar-refractivity contribution is -0.126. The molecule has 0 saturated carbocycles. The van der Waals surface area contributed by atoms with Crippen LogP contribution in [0.25, 0.3) is 0 Å². The fourth-order valence-electron chi connectivity index (χ4n) is 2.76. The second-order valence-electron chi connectivity index (χ2n) is 6.13. The number of ether oxygens (including phenoxy) is 1. The molecule has 1 aromatic rings. The molecule has 1 aromatic heterocycles. The Balaban J connectivity index is 2.00. The third-order valence-electron chi connectivity index (χ3n) is 3.79. The zero-order chi connectivity index (χ0) is 15.6. The van der Waals surface area contributed by atoms with Crippen LogP contribution in [-0.4, -0.2) is 51.9 Å². The van der Waals surface area contributed by atoms with Crippen molar-refractivity contribution in [3.8, 4) is 0 Å². The number of nitrogens with zero attached hydrogens (tertiary/aromatic N) is 3. The highest BCUT2D eigenvalue weighted by Crippen LogP contribution is 2.17. The number of carbonyl (C=O) groups excluding carboxylic acids is 1. The molecule has 6 heteroatoms. The minimum absolute atomic E-state index is 0.00120. The zero-order valence-electron chi connectivity index (χ0n) is 13.5. The predicted octanol–water partition coefficient (Wildman–Crippen LogP) is 1.90. The number of hydrogen-bond donors (Lipinski definition) is 1. The van der Waals surface area contributed by atoms with Crippen LogP contribution in [0.1, 0.15) is 40.7 Å². The molecule has 1 aliphatic heterocycles. The van der Waals surface area contributed by atoms with Crippen LogP contribution in [-0.2, 0) is 9.53 Å². The maximum Gasteiger partial charge on any atom is 0.242 e. The SMILES string of the molecule is CC(C)n1nccc1NC(=O)[C@@H](C)N1C[C@@H](C)O[C@@H](C)C1. The first kappa shape index (κ1) is 16.0. The molecule has 0 aromatic carbocycles. The standard InChI is InChI=1S/C15H26N4O2/c1-10(2)19-14(6-7-16-19)17-15(20)13(5)18-8-11(3)21-12(4)9-18/h6-7,10-13H,8-9H2,1-5H3,(H,17,20)/t11-,12+,13-/m1/s1. The number of hydrogen-bond acceptors (Lipinski definition) is 4. The zero-order valence-corrected chi connectivity index (χ0v) is 13.5. The smallest absolute Gasteiger partial charge is 0.242 e. The quantitative estimate of drug-likeness (QED) is 0.921. The second-order valence-corrected chi connectivity index (χ2v) is 6.13. The van der Waals surface area contributed by atoms with Gasteiger partial charge in [0.25, 0.3) is 0 Å². The Morgan fingerprint density at radius 2 is 1.95 bits per heavy atom. The molecule has 21 heavy (non-hydrogen) atoms. The fraction of sp³-hybridized carbons (Fsp3) is 0.733. The fourth-order valence-corrected chi connectivity index (χ4v) is 2.76. The monoisotopic (exact) mass is 294 g/mol. The summed E-state index contributed by atoms with van der Waals surface area (Å²) in [5.74, 6) is 0.745. The van der Waals surface area contributed by atoms with E-state index in [4.69, 9.17) is 4.74 Å². The predicted molar refractivity (Wildman–Crippen MR) is 82.3 cm³/mol. The summed E-state index contributed by atoms with van der Waals surface area (Å²) < 4.78 is 7.53. The van der Waals surface area contributed by atoms with Gasteiger partial charge in [-0.05, 0) is 34.6 Å². The first-order chi connectivity index (χ1) is 9.88. The lowest BCUT2D eigenvalue weighted by Crippen LogP contribution is -2.52. The molecule has 1 aliphatic rings.